The van der Waals surface area contributed by atoms with Crippen LogP contribution in [0.5, 0.6) is 0 Å². The van der Waals surface area contributed by atoms with Gasteiger partial charge in [-0.25, -0.2) is 17.9 Å². The van der Waals surface area contributed by atoms with E-state index in [1.165, 1.54) is 27.2 Å². The molecule has 1 fully saturated rings. The molecule has 0 spiro atoms. The smallest absolute Gasteiger partial charge is 0.359 e. The Morgan fingerprint density at radius 3 is 2.43 bits per heavy atom. The Morgan fingerprint density at radius 1 is 1.06 bits per heavy atom. The van der Waals surface area contributed by atoms with Crippen molar-refractivity contribution >= 4 is 38.4 Å². The summed E-state index contributed by atoms with van der Waals surface area (Å²) in [7, 11) is -3.63. The van der Waals surface area contributed by atoms with Crippen molar-refractivity contribution in [2.45, 2.75) is 37.6 Å². The lowest BCUT2D eigenvalue weighted by atomic mass is 10.1. The van der Waals surface area contributed by atoms with Gasteiger partial charge in [0.1, 0.15) is 0 Å². The molecule has 0 bridgehead atoms. The molecule has 3 aromatic rings. The van der Waals surface area contributed by atoms with Gasteiger partial charge in [0.25, 0.3) is 11.5 Å². The Bertz CT molecular complexity index is 1440. The molecule has 0 atom stereocenters. The van der Waals surface area contributed by atoms with Crippen molar-refractivity contribution in [3.63, 3.8) is 0 Å². The molecule has 2 aromatic carbocycles. The molecule has 1 aliphatic rings. The minimum absolute atomic E-state index is 0.0691. The third kappa shape index (κ3) is 5.10. The molecule has 0 aliphatic carbocycles. The molecule has 11 heteroatoms. The summed E-state index contributed by atoms with van der Waals surface area (Å²) < 4.78 is 33.3. The van der Waals surface area contributed by atoms with E-state index in [-0.39, 0.29) is 27.9 Å². The maximum absolute atomic E-state index is 12.8. The standard InChI is InChI=1S/C24H26N4O6S/c1-16(2)28-23(30)20-11-4-3-10-19(20)22(26-28)24(31)34-15-21(29)25-17-8-7-9-18(14-17)35(32,33)27-12-5-6-13-27/h3-4,7-11,14,16H,5-6,12-13,15H2,1-2H3,(H,25,29). The van der Waals surface area contributed by atoms with E-state index in [9.17, 15) is 22.8 Å². The van der Waals surface area contributed by atoms with E-state index in [0.29, 0.717) is 23.9 Å². The Morgan fingerprint density at radius 2 is 1.74 bits per heavy atom. The Labute approximate surface area is 202 Å². The molecule has 35 heavy (non-hydrogen) atoms. The van der Waals surface area contributed by atoms with Crippen molar-refractivity contribution in [2.24, 2.45) is 0 Å². The fourth-order valence-electron chi connectivity index (χ4n) is 3.92. The maximum atomic E-state index is 12.8. The number of rotatable bonds is 7. The van der Waals surface area contributed by atoms with Gasteiger partial charge in [-0.3, -0.25) is 9.59 Å². The van der Waals surface area contributed by atoms with E-state index in [0.717, 1.165) is 12.8 Å². The highest BCUT2D eigenvalue weighted by atomic mass is 32.2. The number of ether oxygens (including phenoxy) is 1. The van der Waals surface area contributed by atoms with Gasteiger partial charge in [-0.2, -0.15) is 9.40 Å². The molecule has 0 radical (unpaired) electrons. The summed E-state index contributed by atoms with van der Waals surface area (Å²) in [4.78, 5) is 37.9. The first-order valence-electron chi connectivity index (χ1n) is 11.3. The topological polar surface area (TPSA) is 128 Å². The minimum atomic E-state index is -3.63. The van der Waals surface area contributed by atoms with Gasteiger partial charge < -0.3 is 10.1 Å². The van der Waals surface area contributed by atoms with Gasteiger partial charge in [0.15, 0.2) is 12.3 Å². The molecule has 0 unspecified atom stereocenters. The number of nitrogens with one attached hydrogen (secondary N) is 1. The normalized spacial score (nSPS) is 14.4. The number of carbonyl (C=O) groups is 2. The van der Waals surface area contributed by atoms with E-state index in [1.54, 1.807) is 44.2 Å². The van der Waals surface area contributed by atoms with Crippen molar-refractivity contribution in [1.29, 1.82) is 0 Å². The molecule has 1 aliphatic heterocycles. The van der Waals surface area contributed by atoms with Gasteiger partial charge in [0, 0.05) is 24.2 Å². The number of anilines is 1. The predicted octanol–water partition coefficient (Wildman–Crippen LogP) is 2.56. The van der Waals surface area contributed by atoms with Crippen LogP contribution < -0.4 is 10.9 Å². The first-order valence-corrected chi connectivity index (χ1v) is 12.7. The lowest BCUT2D eigenvalue weighted by Crippen LogP contribution is -2.29. The summed E-state index contributed by atoms with van der Waals surface area (Å²) in [5, 5.41) is 7.37. The van der Waals surface area contributed by atoms with Gasteiger partial charge in [-0.1, -0.05) is 24.3 Å². The van der Waals surface area contributed by atoms with Crippen LogP contribution in [0.3, 0.4) is 0 Å². The molecule has 2 heterocycles. The van der Waals surface area contributed by atoms with Crippen LogP contribution in [0.15, 0.2) is 58.2 Å². The molecule has 1 amide bonds. The van der Waals surface area contributed by atoms with Crippen LogP contribution in [-0.2, 0) is 19.6 Å². The lowest BCUT2D eigenvalue weighted by Gasteiger charge is -2.16. The number of fused-ring (bicyclic) bond motifs is 1. The first kappa shape index (κ1) is 24.6. The molecule has 0 saturated carbocycles. The zero-order valence-electron chi connectivity index (χ0n) is 19.4. The van der Waals surface area contributed by atoms with E-state index in [1.807, 2.05) is 0 Å². The summed E-state index contributed by atoms with van der Waals surface area (Å²) in [6.07, 6.45) is 1.64. The molecular weight excluding hydrogens is 472 g/mol. The summed E-state index contributed by atoms with van der Waals surface area (Å²) in [6, 6.07) is 12.2. The van der Waals surface area contributed by atoms with Gasteiger partial charge in [-0.05, 0) is 51.0 Å². The van der Waals surface area contributed by atoms with Gasteiger partial charge in [0.05, 0.1) is 16.3 Å². The zero-order chi connectivity index (χ0) is 25.2. The van der Waals surface area contributed by atoms with Crippen molar-refractivity contribution < 1.29 is 22.7 Å². The van der Waals surface area contributed by atoms with Crippen molar-refractivity contribution in [3.8, 4) is 0 Å². The monoisotopic (exact) mass is 498 g/mol. The highest BCUT2D eigenvalue weighted by molar-refractivity contribution is 7.89. The number of aromatic nitrogens is 2. The van der Waals surface area contributed by atoms with E-state index in [2.05, 4.69) is 10.4 Å². The third-order valence-corrected chi connectivity index (χ3v) is 7.56. The van der Waals surface area contributed by atoms with E-state index >= 15 is 0 Å². The van der Waals surface area contributed by atoms with E-state index in [4.69, 9.17) is 4.74 Å². The van der Waals surface area contributed by atoms with Crippen LogP contribution >= 0.6 is 0 Å². The molecule has 4 rings (SSSR count). The summed E-state index contributed by atoms with van der Waals surface area (Å²) >= 11 is 0. The summed E-state index contributed by atoms with van der Waals surface area (Å²) in [6.45, 7) is 3.87. The first-order chi connectivity index (χ1) is 16.7. The molecular formula is C24H26N4O6S. The Balaban J connectivity index is 1.47. The van der Waals surface area contributed by atoms with Crippen LogP contribution in [0, 0.1) is 0 Å². The Kier molecular flexibility index (Phi) is 6.99. The summed E-state index contributed by atoms with van der Waals surface area (Å²) in [5.41, 5.74) is -0.127. The predicted molar refractivity (Wildman–Crippen MR) is 130 cm³/mol. The number of carbonyl (C=O) groups excluding carboxylic acids is 2. The number of hydrogen-bond donors (Lipinski definition) is 1. The fraction of sp³-hybridized carbons (Fsp3) is 0.333. The number of amides is 1. The molecule has 184 valence electrons. The van der Waals surface area contributed by atoms with Crippen LogP contribution in [0.4, 0.5) is 5.69 Å². The third-order valence-electron chi connectivity index (χ3n) is 5.67. The molecule has 1 saturated heterocycles. The molecule has 10 nitrogen and oxygen atoms in total. The number of hydrogen-bond acceptors (Lipinski definition) is 7. The van der Waals surface area contributed by atoms with Crippen LogP contribution in [0.1, 0.15) is 43.2 Å². The fourth-order valence-corrected chi connectivity index (χ4v) is 5.48. The summed E-state index contributed by atoms with van der Waals surface area (Å²) in [5.74, 6) is -1.49. The number of sulfonamides is 1. The SMILES string of the molecule is CC(C)n1nc(C(=O)OCC(=O)Nc2cccc(S(=O)(=O)N3CCCC3)c2)c2ccccc2c1=O. The number of nitrogens with zero attached hydrogens (tertiary/aromatic N) is 3. The van der Waals surface area contributed by atoms with Crippen molar-refractivity contribution in [1.82, 2.24) is 14.1 Å². The quantitative estimate of drug-likeness (QED) is 0.496. The molecule has 1 N–H and O–H groups in total. The van der Waals surface area contributed by atoms with Gasteiger partial charge in [0.2, 0.25) is 10.0 Å². The second-order valence-corrected chi connectivity index (χ2v) is 10.4. The largest absolute Gasteiger partial charge is 0.451 e. The van der Waals surface area contributed by atoms with Gasteiger partial charge in [-0.15, -0.1) is 0 Å². The van der Waals surface area contributed by atoms with Gasteiger partial charge >= 0.3 is 5.97 Å². The van der Waals surface area contributed by atoms with Crippen molar-refractivity contribution in [3.05, 3.63) is 64.6 Å². The van der Waals surface area contributed by atoms with Crippen LogP contribution in [0.2, 0.25) is 0 Å². The second-order valence-electron chi connectivity index (χ2n) is 8.50. The lowest BCUT2D eigenvalue weighted by molar-refractivity contribution is -0.119. The Hall–Kier alpha value is -3.57. The van der Waals surface area contributed by atoms with Crippen LogP contribution in [0.25, 0.3) is 10.8 Å². The maximum Gasteiger partial charge on any atom is 0.359 e. The highest BCUT2D eigenvalue weighted by Gasteiger charge is 2.27. The number of benzene rings is 2. The van der Waals surface area contributed by atoms with Crippen LogP contribution in [-0.4, -0.2) is 54.1 Å². The average molecular weight is 499 g/mol. The average Bonchev–Trinajstić information content (AvgIpc) is 3.39. The molecule has 1 aromatic heterocycles. The highest BCUT2D eigenvalue weighted by Crippen LogP contribution is 2.23. The van der Waals surface area contributed by atoms with E-state index < -0.39 is 28.5 Å². The second kappa shape index (κ2) is 9.96. The number of esters is 1. The minimum Gasteiger partial charge on any atom is -0.451 e. The van der Waals surface area contributed by atoms with Crippen molar-refractivity contribution in [2.75, 3.05) is 25.0 Å². The zero-order valence-corrected chi connectivity index (χ0v) is 20.2.